The molecule has 0 aromatic rings. The van der Waals surface area contributed by atoms with Gasteiger partial charge in [-0.2, -0.15) is 13.2 Å². The van der Waals surface area contributed by atoms with Gasteiger partial charge in [-0.3, -0.25) is 0 Å². The zero-order valence-corrected chi connectivity index (χ0v) is 8.34. The molecule has 0 heterocycles. The van der Waals surface area contributed by atoms with Crippen LogP contribution in [0.1, 0.15) is 6.92 Å². The van der Waals surface area contributed by atoms with Crippen molar-refractivity contribution in [1.29, 1.82) is 0 Å². The molecule has 1 N–H and O–H groups in total. The van der Waals surface area contributed by atoms with Crippen molar-refractivity contribution in [2.45, 2.75) is 19.2 Å². The van der Waals surface area contributed by atoms with Gasteiger partial charge >= 0.3 is 6.18 Å². The van der Waals surface area contributed by atoms with Crippen molar-refractivity contribution in [2.24, 2.45) is 0 Å². The normalized spacial score (nSPS) is 14.8. The predicted molar refractivity (Wildman–Crippen MR) is 46.1 cm³/mol. The number of hydrogen-bond donors (Lipinski definition) is 1. The predicted octanol–water partition coefficient (Wildman–Crippen LogP) is 0.878. The molecule has 6 heteroatoms. The quantitative estimate of drug-likeness (QED) is 0.667. The minimum atomic E-state index is -4.26. The molecule has 0 rings (SSSR count). The highest BCUT2D eigenvalue weighted by atomic mass is 19.4. The standard InChI is InChI=1S/C8H16F3NO2/c1-7(13)5-12(2)3-4-14-6-8(9,10)11/h7,13H,3-6H2,1-2H3. The van der Waals surface area contributed by atoms with Crippen molar-refractivity contribution >= 4 is 0 Å². The van der Waals surface area contributed by atoms with Gasteiger partial charge in [0, 0.05) is 13.1 Å². The Morgan fingerprint density at radius 2 is 2.00 bits per heavy atom. The van der Waals surface area contributed by atoms with Crippen molar-refractivity contribution in [3.8, 4) is 0 Å². The van der Waals surface area contributed by atoms with Crippen molar-refractivity contribution in [3.05, 3.63) is 0 Å². The van der Waals surface area contributed by atoms with Crippen molar-refractivity contribution in [2.75, 3.05) is 33.4 Å². The van der Waals surface area contributed by atoms with Crippen LogP contribution in [0.2, 0.25) is 0 Å². The van der Waals surface area contributed by atoms with E-state index in [4.69, 9.17) is 5.11 Å². The summed E-state index contributed by atoms with van der Waals surface area (Å²) >= 11 is 0. The first-order valence-electron chi connectivity index (χ1n) is 4.32. The molecule has 1 atom stereocenters. The molecule has 0 saturated carbocycles. The van der Waals surface area contributed by atoms with Gasteiger partial charge in [-0.25, -0.2) is 0 Å². The molecule has 3 nitrogen and oxygen atoms in total. The largest absolute Gasteiger partial charge is 0.411 e. The van der Waals surface area contributed by atoms with E-state index in [0.717, 1.165) is 0 Å². The number of likely N-dealkylation sites (N-methyl/N-ethyl adjacent to an activating group) is 1. The second-order valence-corrected chi connectivity index (χ2v) is 3.28. The summed E-state index contributed by atoms with van der Waals surface area (Å²) in [5, 5.41) is 8.95. The first-order valence-corrected chi connectivity index (χ1v) is 4.32. The van der Waals surface area contributed by atoms with Gasteiger partial charge < -0.3 is 14.7 Å². The molecule has 0 aromatic carbocycles. The van der Waals surface area contributed by atoms with Crippen LogP contribution in [-0.4, -0.2) is 55.6 Å². The lowest BCUT2D eigenvalue weighted by Crippen LogP contribution is -2.31. The van der Waals surface area contributed by atoms with Gasteiger partial charge in [0.05, 0.1) is 12.7 Å². The molecule has 0 bridgehead atoms. The molecular weight excluding hydrogens is 199 g/mol. The summed E-state index contributed by atoms with van der Waals surface area (Å²) < 4.78 is 39.2. The van der Waals surface area contributed by atoms with E-state index in [-0.39, 0.29) is 6.61 Å². The van der Waals surface area contributed by atoms with Crippen LogP contribution in [0.15, 0.2) is 0 Å². The van der Waals surface area contributed by atoms with Crippen molar-refractivity contribution in [3.63, 3.8) is 0 Å². The van der Waals surface area contributed by atoms with Gasteiger partial charge in [0.2, 0.25) is 0 Å². The molecule has 0 aliphatic heterocycles. The van der Waals surface area contributed by atoms with Gasteiger partial charge in [-0.15, -0.1) is 0 Å². The third-order valence-corrected chi connectivity index (χ3v) is 1.46. The molecule has 0 spiro atoms. The van der Waals surface area contributed by atoms with Crippen LogP contribution in [0.3, 0.4) is 0 Å². The van der Waals surface area contributed by atoms with E-state index in [2.05, 4.69) is 4.74 Å². The Balaban J connectivity index is 3.36. The Kier molecular flexibility index (Phi) is 6.06. The van der Waals surface area contributed by atoms with Crippen molar-refractivity contribution < 1.29 is 23.0 Å². The molecule has 0 aliphatic rings. The molecule has 86 valence electrons. The first-order chi connectivity index (χ1) is 6.31. The minimum absolute atomic E-state index is 0.0166. The molecule has 0 saturated heterocycles. The van der Waals surface area contributed by atoms with Gasteiger partial charge in [-0.05, 0) is 14.0 Å². The Labute approximate surface area is 81.5 Å². The van der Waals surface area contributed by atoms with E-state index >= 15 is 0 Å². The number of nitrogens with zero attached hydrogens (tertiary/aromatic N) is 1. The van der Waals surface area contributed by atoms with Gasteiger partial charge in [0.25, 0.3) is 0 Å². The number of alkyl halides is 3. The van der Waals surface area contributed by atoms with Gasteiger partial charge in [0.15, 0.2) is 0 Å². The Morgan fingerprint density at radius 3 is 2.43 bits per heavy atom. The maximum atomic E-state index is 11.6. The zero-order chi connectivity index (χ0) is 11.2. The van der Waals surface area contributed by atoms with Crippen molar-refractivity contribution in [1.82, 2.24) is 4.90 Å². The Morgan fingerprint density at radius 1 is 1.43 bits per heavy atom. The number of ether oxygens (including phenoxy) is 1. The van der Waals surface area contributed by atoms with Crippen LogP contribution in [0, 0.1) is 0 Å². The number of halogens is 3. The highest BCUT2D eigenvalue weighted by Gasteiger charge is 2.27. The fraction of sp³-hybridized carbons (Fsp3) is 1.00. The minimum Gasteiger partial charge on any atom is -0.392 e. The molecule has 0 amide bonds. The average Bonchev–Trinajstić information content (AvgIpc) is 1.95. The molecule has 0 radical (unpaired) electrons. The SMILES string of the molecule is CC(O)CN(C)CCOCC(F)(F)F. The topological polar surface area (TPSA) is 32.7 Å². The van der Waals surface area contributed by atoms with E-state index in [1.54, 1.807) is 18.9 Å². The first kappa shape index (κ1) is 13.7. The van der Waals surface area contributed by atoms with Crippen LogP contribution in [0.5, 0.6) is 0 Å². The maximum Gasteiger partial charge on any atom is 0.411 e. The summed E-state index contributed by atoms with van der Waals surface area (Å²) in [6.45, 7) is 1.22. The van der Waals surface area contributed by atoms with E-state index < -0.39 is 18.9 Å². The smallest absolute Gasteiger partial charge is 0.392 e. The van der Waals surface area contributed by atoms with Crippen LogP contribution in [0.4, 0.5) is 13.2 Å². The number of aliphatic hydroxyl groups excluding tert-OH is 1. The third kappa shape index (κ3) is 9.76. The summed E-state index contributed by atoms with van der Waals surface area (Å²) in [6.07, 6.45) is -4.74. The lowest BCUT2D eigenvalue weighted by Gasteiger charge is -2.18. The molecule has 0 fully saturated rings. The summed E-state index contributed by atoms with van der Waals surface area (Å²) in [6, 6.07) is 0. The second kappa shape index (κ2) is 6.21. The van der Waals surface area contributed by atoms with Crippen LogP contribution in [0.25, 0.3) is 0 Å². The fourth-order valence-electron chi connectivity index (χ4n) is 0.951. The number of aliphatic hydroxyl groups is 1. The summed E-state index contributed by atoms with van der Waals surface area (Å²) in [5.74, 6) is 0. The number of hydrogen-bond acceptors (Lipinski definition) is 3. The fourth-order valence-corrected chi connectivity index (χ4v) is 0.951. The average molecular weight is 215 g/mol. The van der Waals surface area contributed by atoms with Gasteiger partial charge in [-0.1, -0.05) is 0 Å². The van der Waals surface area contributed by atoms with Crippen LogP contribution < -0.4 is 0 Å². The Bertz CT molecular complexity index is 150. The summed E-state index contributed by atoms with van der Waals surface area (Å²) in [4.78, 5) is 1.71. The van der Waals surface area contributed by atoms with Gasteiger partial charge in [0.1, 0.15) is 6.61 Å². The zero-order valence-electron chi connectivity index (χ0n) is 8.34. The Hall–Kier alpha value is -0.330. The summed E-state index contributed by atoms with van der Waals surface area (Å²) in [5.41, 5.74) is 0. The van der Waals surface area contributed by atoms with Crippen LogP contribution >= 0.6 is 0 Å². The lowest BCUT2D eigenvalue weighted by atomic mass is 10.4. The van der Waals surface area contributed by atoms with E-state index in [9.17, 15) is 13.2 Å². The molecule has 1 unspecified atom stereocenters. The molecule has 0 aliphatic carbocycles. The highest BCUT2D eigenvalue weighted by Crippen LogP contribution is 2.14. The van der Waals surface area contributed by atoms with Crippen LogP contribution in [-0.2, 0) is 4.74 Å². The second-order valence-electron chi connectivity index (χ2n) is 3.28. The summed E-state index contributed by atoms with van der Waals surface area (Å²) in [7, 11) is 1.71. The molecule has 0 aromatic heterocycles. The van der Waals surface area contributed by atoms with E-state index in [1.165, 1.54) is 0 Å². The third-order valence-electron chi connectivity index (χ3n) is 1.46. The maximum absolute atomic E-state index is 11.6. The van der Waals surface area contributed by atoms with E-state index in [1.807, 2.05) is 0 Å². The lowest BCUT2D eigenvalue weighted by molar-refractivity contribution is -0.174. The molecular formula is C8H16F3NO2. The van der Waals surface area contributed by atoms with E-state index in [0.29, 0.717) is 13.1 Å². The molecule has 14 heavy (non-hydrogen) atoms. The number of rotatable bonds is 6. The highest BCUT2D eigenvalue weighted by molar-refractivity contribution is 4.55. The monoisotopic (exact) mass is 215 g/mol.